The first-order valence-corrected chi connectivity index (χ1v) is 10.3. The van der Waals surface area contributed by atoms with Crippen molar-refractivity contribution in [3.63, 3.8) is 0 Å². The van der Waals surface area contributed by atoms with Crippen LogP contribution in [0.4, 0.5) is 10.6 Å². The average molecular weight is 419 g/mol. The van der Waals surface area contributed by atoms with Gasteiger partial charge >= 0.3 is 6.09 Å². The minimum Gasteiger partial charge on any atom is -0.444 e. The number of anilines is 1. The number of aromatic amines is 1. The Labute approximate surface area is 181 Å². The number of aromatic nitrogens is 3. The third kappa shape index (κ3) is 4.31. The standard InChI is InChI=1S/C23H26N6O2/c1-14-21(29-9-8-16(13-29)28-22(30)31-23(2,3)4)26-12-19(27-14)18-11-25-20-15(10-24)6-5-7-17(18)20/h5-7,11-12,16,25H,8-9,13H2,1-4H3,(H,28,30). The summed E-state index contributed by atoms with van der Waals surface area (Å²) in [6, 6.07) is 7.85. The smallest absolute Gasteiger partial charge is 0.407 e. The van der Waals surface area contributed by atoms with Crippen molar-refractivity contribution in [1.29, 1.82) is 5.26 Å². The number of aryl methyl sites for hydroxylation is 1. The van der Waals surface area contributed by atoms with Gasteiger partial charge in [0.05, 0.1) is 34.7 Å². The molecule has 1 aromatic carbocycles. The molecule has 2 aromatic heterocycles. The summed E-state index contributed by atoms with van der Waals surface area (Å²) < 4.78 is 5.35. The molecule has 8 nitrogen and oxygen atoms in total. The van der Waals surface area contributed by atoms with E-state index in [1.165, 1.54) is 0 Å². The molecule has 8 heteroatoms. The highest BCUT2D eigenvalue weighted by Crippen LogP contribution is 2.30. The number of nitrogens with zero attached hydrogens (tertiary/aromatic N) is 4. The van der Waals surface area contributed by atoms with E-state index in [4.69, 9.17) is 9.72 Å². The van der Waals surface area contributed by atoms with Gasteiger partial charge in [-0.2, -0.15) is 5.26 Å². The van der Waals surface area contributed by atoms with E-state index in [1.54, 1.807) is 12.3 Å². The molecule has 3 heterocycles. The normalized spacial score (nSPS) is 16.4. The van der Waals surface area contributed by atoms with Crippen molar-refractivity contribution in [2.75, 3.05) is 18.0 Å². The van der Waals surface area contributed by atoms with Crippen molar-refractivity contribution in [3.05, 3.63) is 41.9 Å². The van der Waals surface area contributed by atoms with Gasteiger partial charge in [0.2, 0.25) is 0 Å². The molecule has 0 spiro atoms. The van der Waals surface area contributed by atoms with Crippen LogP contribution in [-0.2, 0) is 4.74 Å². The van der Waals surface area contributed by atoms with Crippen molar-refractivity contribution < 1.29 is 9.53 Å². The van der Waals surface area contributed by atoms with Crippen LogP contribution in [0.15, 0.2) is 30.6 Å². The maximum absolute atomic E-state index is 12.1. The number of nitriles is 1. The number of ether oxygens (including phenoxy) is 1. The second-order valence-electron chi connectivity index (χ2n) is 8.78. The van der Waals surface area contributed by atoms with Crippen LogP contribution >= 0.6 is 0 Å². The molecule has 0 aliphatic carbocycles. The van der Waals surface area contributed by atoms with E-state index in [1.807, 2.05) is 46.0 Å². The molecule has 1 fully saturated rings. The fourth-order valence-electron chi connectivity index (χ4n) is 3.92. The Hall–Kier alpha value is -3.60. The Morgan fingerprint density at radius 3 is 2.90 bits per heavy atom. The highest BCUT2D eigenvalue weighted by atomic mass is 16.6. The fraction of sp³-hybridized carbons (Fsp3) is 0.391. The van der Waals surface area contributed by atoms with Gasteiger partial charge in [-0.15, -0.1) is 0 Å². The summed E-state index contributed by atoms with van der Waals surface area (Å²) in [6.07, 6.45) is 4.05. The lowest BCUT2D eigenvalue weighted by atomic mass is 10.1. The number of nitrogens with one attached hydrogen (secondary N) is 2. The molecule has 160 valence electrons. The predicted molar refractivity (Wildman–Crippen MR) is 119 cm³/mol. The molecular formula is C23H26N6O2. The zero-order valence-corrected chi connectivity index (χ0v) is 18.2. The number of carbonyl (C=O) groups is 1. The number of benzene rings is 1. The number of rotatable bonds is 3. The highest BCUT2D eigenvalue weighted by molar-refractivity contribution is 5.97. The second-order valence-corrected chi connectivity index (χ2v) is 8.78. The molecule has 1 amide bonds. The summed E-state index contributed by atoms with van der Waals surface area (Å²) in [5.74, 6) is 0.815. The van der Waals surface area contributed by atoms with Crippen LogP contribution in [0.25, 0.3) is 22.2 Å². The minimum atomic E-state index is -0.517. The first kappa shape index (κ1) is 20.7. The number of amides is 1. The predicted octanol–water partition coefficient (Wildman–Crippen LogP) is 3.91. The number of hydrogen-bond donors (Lipinski definition) is 2. The number of H-pyrrole nitrogens is 1. The molecule has 0 bridgehead atoms. The van der Waals surface area contributed by atoms with Crippen LogP contribution in [-0.4, -0.2) is 45.8 Å². The van der Waals surface area contributed by atoms with Crippen LogP contribution in [0, 0.1) is 18.3 Å². The molecule has 1 atom stereocenters. The van der Waals surface area contributed by atoms with Gasteiger partial charge in [0.1, 0.15) is 17.5 Å². The Bertz CT molecular complexity index is 1170. The third-order valence-electron chi connectivity index (χ3n) is 5.24. The molecule has 1 unspecified atom stereocenters. The van der Waals surface area contributed by atoms with Crippen LogP contribution in [0.3, 0.4) is 0 Å². The Kier molecular flexibility index (Phi) is 5.27. The van der Waals surface area contributed by atoms with Gasteiger partial charge in [-0.25, -0.2) is 14.8 Å². The van der Waals surface area contributed by atoms with E-state index in [0.717, 1.165) is 46.6 Å². The maximum atomic E-state index is 12.1. The number of carbonyl (C=O) groups excluding carboxylic acids is 1. The zero-order chi connectivity index (χ0) is 22.2. The SMILES string of the molecule is Cc1nc(-c2c[nH]c3c(C#N)cccc23)cnc1N1CCC(NC(=O)OC(C)(C)C)C1. The molecular weight excluding hydrogens is 392 g/mol. The summed E-state index contributed by atoms with van der Waals surface area (Å²) in [6.45, 7) is 8.94. The molecule has 4 rings (SSSR count). The number of hydrogen-bond acceptors (Lipinski definition) is 6. The third-order valence-corrected chi connectivity index (χ3v) is 5.24. The molecule has 0 saturated carbocycles. The maximum Gasteiger partial charge on any atom is 0.407 e. The highest BCUT2D eigenvalue weighted by Gasteiger charge is 2.28. The average Bonchev–Trinajstić information content (AvgIpc) is 3.33. The number of para-hydroxylation sites is 1. The summed E-state index contributed by atoms with van der Waals surface area (Å²) in [4.78, 5) is 26.8. The van der Waals surface area contributed by atoms with Crippen LogP contribution in [0.5, 0.6) is 0 Å². The van der Waals surface area contributed by atoms with Crippen LogP contribution in [0.2, 0.25) is 0 Å². The fourth-order valence-corrected chi connectivity index (χ4v) is 3.92. The molecule has 31 heavy (non-hydrogen) atoms. The van der Waals surface area contributed by atoms with Gasteiger partial charge in [-0.05, 0) is 40.2 Å². The van der Waals surface area contributed by atoms with Crippen LogP contribution in [0.1, 0.15) is 38.4 Å². The largest absolute Gasteiger partial charge is 0.444 e. The van der Waals surface area contributed by atoms with E-state index in [2.05, 4.69) is 26.3 Å². The van der Waals surface area contributed by atoms with Gasteiger partial charge in [0, 0.05) is 30.2 Å². The topological polar surface area (TPSA) is 107 Å². The summed E-state index contributed by atoms with van der Waals surface area (Å²) in [7, 11) is 0. The quantitative estimate of drug-likeness (QED) is 0.668. The number of fused-ring (bicyclic) bond motifs is 1. The van der Waals surface area contributed by atoms with E-state index in [-0.39, 0.29) is 6.04 Å². The molecule has 0 radical (unpaired) electrons. The first-order chi connectivity index (χ1) is 14.7. The van der Waals surface area contributed by atoms with E-state index in [0.29, 0.717) is 12.1 Å². The monoisotopic (exact) mass is 418 g/mol. The molecule has 3 aromatic rings. The Morgan fingerprint density at radius 2 is 2.19 bits per heavy atom. The van der Waals surface area contributed by atoms with Crippen molar-refractivity contribution in [3.8, 4) is 17.3 Å². The summed E-state index contributed by atoms with van der Waals surface area (Å²) in [5.41, 5.74) is 3.38. The van der Waals surface area contributed by atoms with Gasteiger partial charge in [0.15, 0.2) is 0 Å². The van der Waals surface area contributed by atoms with Crippen LogP contribution < -0.4 is 10.2 Å². The van der Waals surface area contributed by atoms with E-state index in [9.17, 15) is 10.1 Å². The molecule has 2 N–H and O–H groups in total. The van der Waals surface area contributed by atoms with Crippen molar-refractivity contribution >= 4 is 22.8 Å². The lowest BCUT2D eigenvalue weighted by molar-refractivity contribution is 0.0509. The molecule has 1 saturated heterocycles. The summed E-state index contributed by atoms with van der Waals surface area (Å²) in [5, 5.41) is 13.2. The van der Waals surface area contributed by atoms with E-state index >= 15 is 0 Å². The van der Waals surface area contributed by atoms with Gasteiger partial charge < -0.3 is 19.9 Å². The minimum absolute atomic E-state index is 0.00810. The van der Waals surface area contributed by atoms with Crippen molar-refractivity contribution in [1.82, 2.24) is 20.3 Å². The number of alkyl carbamates (subject to hydrolysis) is 1. The van der Waals surface area contributed by atoms with Gasteiger partial charge in [-0.1, -0.05) is 12.1 Å². The summed E-state index contributed by atoms with van der Waals surface area (Å²) >= 11 is 0. The Balaban J connectivity index is 1.50. The lowest BCUT2D eigenvalue weighted by Crippen LogP contribution is -2.40. The Morgan fingerprint density at radius 1 is 1.39 bits per heavy atom. The molecule has 1 aliphatic heterocycles. The van der Waals surface area contributed by atoms with Gasteiger partial charge in [0.25, 0.3) is 0 Å². The van der Waals surface area contributed by atoms with E-state index < -0.39 is 11.7 Å². The van der Waals surface area contributed by atoms with Gasteiger partial charge in [-0.3, -0.25) is 0 Å². The van der Waals surface area contributed by atoms with Crippen molar-refractivity contribution in [2.24, 2.45) is 0 Å². The van der Waals surface area contributed by atoms with Crippen molar-refractivity contribution in [2.45, 2.75) is 45.8 Å². The zero-order valence-electron chi connectivity index (χ0n) is 18.2. The lowest BCUT2D eigenvalue weighted by Gasteiger charge is -2.22. The second kappa shape index (κ2) is 7.91. The molecule has 1 aliphatic rings. The first-order valence-electron chi connectivity index (χ1n) is 10.3.